The number of hydrogen-bond acceptors (Lipinski definition) is 4. The van der Waals surface area contributed by atoms with Gasteiger partial charge in [0.1, 0.15) is 0 Å². The van der Waals surface area contributed by atoms with Gasteiger partial charge in [0.25, 0.3) is 5.91 Å². The molecule has 3 unspecified atom stereocenters. The third-order valence-electron chi connectivity index (χ3n) is 7.66. The second kappa shape index (κ2) is 9.67. The summed E-state index contributed by atoms with van der Waals surface area (Å²) >= 11 is 0. The van der Waals surface area contributed by atoms with Crippen molar-refractivity contribution in [2.75, 3.05) is 18.4 Å². The molecule has 1 heterocycles. The lowest BCUT2D eigenvalue weighted by atomic mass is 9.68. The molecule has 3 aromatic carbocycles. The van der Waals surface area contributed by atoms with E-state index in [9.17, 15) is 18.0 Å². The number of nitrogens with zero attached hydrogens (tertiary/aromatic N) is 1. The minimum absolute atomic E-state index is 0.0840. The Labute approximate surface area is 211 Å². The molecule has 2 N–H and O–H groups in total. The number of sulfonamides is 1. The number of benzene rings is 3. The predicted octanol–water partition coefficient (Wildman–Crippen LogP) is 4.33. The van der Waals surface area contributed by atoms with Crippen LogP contribution in [0.25, 0.3) is 10.8 Å². The number of nitrogens with one attached hydrogen (secondary N) is 2. The molecule has 1 aliphatic heterocycles. The average Bonchev–Trinajstić information content (AvgIpc) is 3.02. The van der Waals surface area contributed by atoms with Crippen LogP contribution < -0.4 is 10.0 Å². The molecule has 0 aromatic heterocycles. The van der Waals surface area contributed by atoms with Gasteiger partial charge in [0.15, 0.2) is 0 Å². The third kappa shape index (κ3) is 4.63. The van der Waals surface area contributed by atoms with Crippen LogP contribution in [-0.2, 0) is 14.8 Å². The molecule has 3 atom stereocenters. The molecule has 5 rings (SSSR count). The molecular weight excluding hydrogens is 474 g/mol. The van der Waals surface area contributed by atoms with E-state index in [1.165, 1.54) is 0 Å². The summed E-state index contributed by atoms with van der Waals surface area (Å²) in [6.45, 7) is 4.92. The highest BCUT2D eigenvalue weighted by atomic mass is 32.2. The number of fused-ring (bicyclic) bond motifs is 2. The maximum Gasteiger partial charge on any atom is 0.255 e. The fourth-order valence-corrected chi connectivity index (χ4v) is 7.18. The van der Waals surface area contributed by atoms with Crippen molar-refractivity contribution in [1.29, 1.82) is 0 Å². The number of hydrogen-bond donors (Lipinski definition) is 2. The summed E-state index contributed by atoms with van der Waals surface area (Å²) in [5, 5.41) is 4.18. The molecule has 8 heteroatoms. The highest BCUT2D eigenvalue weighted by Crippen LogP contribution is 2.41. The van der Waals surface area contributed by atoms with Gasteiger partial charge in [0, 0.05) is 48.1 Å². The molecule has 188 valence electrons. The van der Waals surface area contributed by atoms with Crippen molar-refractivity contribution in [1.82, 2.24) is 9.62 Å². The molecule has 1 saturated heterocycles. The Morgan fingerprint density at radius 2 is 1.69 bits per heavy atom. The first-order valence-electron chi connectivity index (χ1n) is 12.4. The molecular formula is C28H31N3O4S. The van der Waals surface area contributed by atoms with Crippen molar-refractivity contribution in [2.45, 2.75) is 44.0 Å². The van der Waals surface area contributed by atoms with Crippen LogP contribution >= 0.6 is 0 Å². The largest absolute Gasteiger partial charge is 0.343 e. The van der Waals surface area contributed by atoms with Crippen LogP contribution in [-0.4, -0.2) is 44.3 Å². The van der Waals surface area contributed by atoms with E-state index in [1.807, 2.05) is 42.2 Å². The van der Waals surface area contributed by atoms with Gasteiger partial charge in [0.05, 0.1) is 4.90 Å². The fourth-order valence-electron chi connectivity index (χ4n) is 5.66. The maximum atomic E-state index is 13.5. The summed E-state index contributed by atoms with van der Waals surface area (Å²) < 4.78 is 30.0. The van der Waals surface area contributed by atoms with Gasteiger partial charge >= 0.3 is 0 Å². The number of carbonyl (C=O) groups excluding carboxylic acids is 2. The van der Waals surface area contributed by atoms with Crippen LogP contribution in [0.1, 0.15) is 42.1 Å². The van der Waals surface area contributed by atoms with Gasteiger partial charge in [-0.15, -0.1) is 0 Å². The minimum atomic E-state index is -3.79. The van der Waals surface area contributed by atoms with Crippen molar-refractivity contribution in [3.63, 3.8) is 0 Å². The van der Waals surface area contributed by atoms with Crippen molar-refractivity contribution >= 4 is 38.3 Å². The monoisotopic (exact) mass is 505 g/mol. The van der Waals surface area contributed by atoms with Gasteiger partial charge in [0.2, 0.25) is 15.9 Å². The van der Waals surface area contributed by atoms with Gasteiger partial charge in [-0.25, -0.2) is 13.1 Å². The summed E-state index contributed by atoms with van der Waals surface area (Å²) in [6, 6.07) is 17.7. The van der Waals surface area contributed by atoms with E-state index in [2.05, 4.69) is 10.0 Å². The number of anilines is 1. The lowest BCUT2D eigenvalue weighted by Crippen LogP contribution is -2.54. The van der Waals surface area contributed by atoms with E-state index < -0.39 is 10.0 Å². The smallest absolute Gasteiger partial charge is 0.255 e. The standard InChI is InChI=1S/C28H31N3O4S/c1-18-8-3-4-9-21(18)28(33)29-25-13-14-27(24-11-6-5-10-23(24)25)36(34,35)30-26-16-20-17-31(19(2)32)15-7-12-22(20)26/h3-6,8-11,13-14,20,22,26,30H,7,12,15-17H2,1-2H3,(H,29,33). The fraction of sp³-hybridized carbons (Fsp3) is 0.357. The third-order valence-corrected chi connectivity index (χ3v) is 9.21. The van der Waals surface area contributed by atoms with E-state index >= 15 is 0 Å². The molecule has 2 fully saturated rings. The molecule has 2 amide bonds. The van der Waals surface area contributed by atoms with Crippen LogP contribution in [0.2, 0.25) is 0 Å². The number of carbonyl (C=O) groups is 2. The van der Waals surface area contributed by atoms with Crippen molar-refractivity contribution in [2.24, 2.45) is 11.8 Å². The van der Waals surface area contributed by atoms with E-state index in [-0.39, 0.29) is 28.7 Å². The zero-order chi connectivity index (χ0) is 25.4. The van der Waals surface area contributed by atoms with E-state index in [0.29, 0.717) is 34.5 Å². The zero-order valence-corrected chi connectivity index (χ0v) is 21.3. The number of amides is 2. The Balaban J connectivity index is 1.38. The summed E-state index contributed by atoms with van der Waals surface area (Å²) in [5.74, 6) is 0.421. The highest BCUT2D eigenvalue weighted by Gasteiger charge is 2.44. The molecule has 2 aliphatic rings. The molecule has 0 bridgehead atoms. The number of aryl methyl sites for hydroxylation is 1. The van der Waals surface area contributed by atoms with Crippen molar-refractivity contribution in [3.8, 4) is 0 Å². The molecule has 1 saturated carbocycles. The van der Waals surface area contributed by atoms with Gasteiger partial charge < -0.3 is 10.2 Å². The van der Waals surface area contributed by atoms with Crippen molar-refractivity contribution < 1.29 is 18.0 Å². The topological polar surface area (TPSA) is 95.6 Å². The van der Waals surface area contributed by atoms with Gasteiger partial charge in [-0.2, -0.15) is 0 Å². The van der Waals surface area contributed by atoms with E-state index in [4.69, 9.17) is 0 Å². The molecule has 0 radical (unpaired) electrons. The second-order valence-corrected chi connectivity index (χ2v) is 11.6. The first kappa shape index (κ1) is 24.5. The number of likely N-dealkylation sites (tertiary alicyclic amines) is 1. The first-order valence-corrected chi connectivity index (χ1v) is 13.9. The van der Waals surface area contributed by atoms with Gasteiger partial charge in [-0.3, -0.25) is 9.59 Å². The van der Waals surface area contributed by atoms with Gasteiger partial charge in [-0.1, -0.05) is 42.5 Å². The Kier molecular flexibility index (Phi) is 6.57. The molecule has 3 aromatic rings. The van der Waals surface area contributed by atoms with Gasteiger partial charge in [-0.05, 0) is 61.8 Å². The second-order valence-electron chi connectivity index (χ2n) is 9.92. The molecule has 36 heavy (non-hydrogen) atoms. The summed E-state index contributed by atoms with van der Waals surface area (Å²) in [4.78, 5) is 26.8. The predicted molar refractivity (Wildman–Crippen MR) is 140 cm³/mol. The number of rotatable bonds is 5. The SMILES string of the molecule is CC(=O)N1CCCC2C(CC2NS(=O)(=O)c2ccc(NC(=O)c3ccccc3C)c3ccccc23)C1. The normalized spacial score (nSPS) is 21.8. The summed E-state index contributed by atoms with van der Waals surface area (Å²) in [5.41, 5.74) is 2.01. The van der Waals surface area contributed by atoms with Crippen LogP contribution in [0.15, 0.2) is 65.6 Å². The lowest BCUT2D eigenvalue weighted by molar-refractivity contribution is -0.129. The van der Waals surface area contributed by atoms with E-state index in [0.717, 1.165) is 31.4 Å². The molecule has 1 aliphatic carbocycles. The molecule has 7 nitrogen and oxygen atoms in total. The van der Waals surface area contributed by atoms with Crippen LogP contribution in [0.5, 0.6) is 0 Å². The lowest BCUT2D eigenvalue weighted by Gasteiger charge is -2.44. The summed E-state index contributed by atoms with van der Waals surface area (Å²) in [7, 11) is -3.79. The van der Waals surface area contributed by atoms with Crippen molar-refractivity contribution in [3.05, 3.63) is 71.8 Å². The van der Waals surface area contributed by atoms with E-state index in [1.54, 1.807) is 37.3 Å². The average molecular weight is 506 g/mol. The highest BCUT2D eigenvalue weighted by molar-refractivity contribution is 7.89. The van der Waals surface area contributed by atoms with Crippen LogP contribution in [0.4, 0.5) is 5.69 Å². The Morgan fingerprint density at radius 3 is 2.44 bits per heavy atom. The minimum Gasteiger partial charge on any atom is -0.343 e. The Morgan fingerprint density at radius 1 is 0.972 bits per heavy atom. The maximum absolute atomic E-state index is 13.5. The Hall–Kier alpha value is -3.23. The van der Waals surface area contributed by atoms with Crippen LogP contribution in [0.3, 0.4) is 0 Å². The quantitative estimate of drug-likeness (QED) is 0.540. The van der Waals surface area contributed by atoms with Crippen LogP contribution in [0, 0.1) is 18.8 Å². The first-order chi connectivity index (χ1) is 17.2. The zero-order valence-electron chi connectivity index (χ0n) is 20.5. The summed E-state index contributed by atoms with van der Waals surface area (Å²) in [6.07, 6.45) is 2.53. The Bertz CT molecular complexity index is 1440. The molecule has 0 spiro atoms.